The van der Waals surface area contributed by atoms with E-state index in [4.69, 9.17) is 5.21 Å². The zero-order valence-electron chi connectivity index (χ0n) is 14.2. The van der Waals surface area contributed by atoms with Crippen molar-refractivity contribution in [2.45, 2.75) is 96.5 Å². The van der Waals surface area contributed by atoms with Gasteiger partial charge in [0.05, 0.1) is 6.10 Å². The molecule has 0 bridgehead atoms. The monoisotopic (exact) mass is 313 g/mol. The summed E-state index contributed by atoms with van der Waals surface area (Å²) in [7, 11) is 0. The summed E-state index contributed by atoms with van der Waals surface area (Å²) in [4.78, 5) is 10.8. The smallest absolute Gasteiger partial charge is 0.243 e. The number of allylic oxidation sites excluding steroid dienone is 1. The molecular formula is C18H35NO3. The van der Waals surface area contributed by atoms with Crippen molar-refractivity contribution in [2.75, 3.05) is 0 Å². The number of rotatable bonds is 15. The highest BCUT2D eigenvalue weighted by molar-refractivity contribution is 5.74. The fraction of sp³-hybridized carbons (Fsp3) is 0.833. The van der Waals surface area contributed by atoms with Crippen molar-refractivity contribution in [3.63, 3.8) is 0 Å². The Labute approximate surface area is 136 Å². The van der Waals surface area contributed by atoms with Crippen molar-refractivity contribution in [1.29, 1.82) is 0 Å². The van der Waals surface area contributed by atoms with E-state index < -0.39 is 0 Å². The molecule has 4 heteroatoms. The number of hydrogen-bond donors (Lipinski definition) is 3. The molecule has 3 N–H and O–H groups in total. The Morgan fingerprint density at radius 3 is 2.41 bits per heavy atom. The molecular weight excluding hydrogens is 278 g/mol. The van der Waals surface area contributed by atoms with E-state index in [0.29, 0.717) is 6.42 Å². The molecule has 0 heterocycles. The third-order valence-electron chi connectivity index (χ3n) is 3.87. The summed E-state index contributed by atoms with van der Waals surface area (Å²) in [5, 5.41) is 18.2. The van der Waals surface area contributed by atoms with Crippen LogP contribution in [0, 0.1) is 0 Å². The van der Waals surface area contributed by atoms with Gasteiger partial charge in [0, 0.05) is 6.42 Å². The van der Waals surface area contributed by atoms with Crippen LogP contribution in [0.5, 0.6) is 0 Å². The zero-order chi connectivity index (χ0) is 16.5. The maximum Gasteiger partial charge on any atom is 0.243 e. The maximum atomic E-state index is 10.8. The molecule has 130 valence electrons. The molecule has 0 aliphatic heterocycles. The molecule has 0 saturated carbocycles. The SMILES string of the molecule is CCCCCC[C@H](O)C/C=C/CCCCCCCC(=O)NO. The molecule has 0 aromatic heterocycles. The van der Waals surface area contributed by atoms with Gasteiger partial charge in [0.15, 0.2) is 0 Å². The lowest BCUT2D eigenvalue weighted by molar-refractivity contribution is -0.129. The Bertz CT molecular complexity index is 280. The lowest BCUT2D eigenvalue weighted by atomic mass is 10.1. The van der Waals surface area contributed by atoms with Gasteiger partial charge in [0.1, 0.15) is 0 Å². The predicted octanol–water partition coefficient (Wildman–Crippen LogP) is 4.50. The van der Waals surface area contributed by atoms with Crippen LogP contribution in [-0.4, -0.2) is 22.3 Å². The van der Waals surface area contributed by atoms with E-state index in [9.17, 15) is 9.90 Å². The third kappa shape index (κ3) is 15.5. The molecule has 0 radical (unpaired) electrons. The normalized spacial score (nSPS) is 12.7. The van der Waals surface area contributed by atoms with Gasteiger partial charge in [-0.1, -0.05) is 64.0 Å². The summed E-state index contributed by atoms with van der Waals surface area (Å²) in [5.74, 6) is -0.295. The largest absolute Gasteiger partial charge is 0.393 e. The van der Waals surface area contributed by atoms with Gasteiger partial charge in [-0.25, -0.2) is 5.48 Å². The molecule has 0 fully saturated rings. The van der Waals surface area contributed by atoms with Crippen molar-refractivity contribution in [2.24, 2.45) is 0 Å². The summed E-state index contributed by atoms with van der Waals surface area (Å²) >= 11 is 0. The number of hydroxylamine groups is 1. The van der Waals surface area contributed by atoms with Gasteiger partial charge in [-0.2, -0.15) is 0 Å². The highest BCUT2D eigenvalue weighted by Crippen LogP contribution is 2.10. The van der Waals surface area contributed by atoms with Crippen LogP contribution < -0.4 is 5.48 Å². The fourth-order valence-electron chi connectivity index (χ4n) is 2.43. The van der Waals surface area contributed by atoms with Crippen molar-refractivity contribution in [1.82, 2.24) is 5.48 Å². The molecule has 0 rings (SSSR count). The number of carbonyl (C=O) groups excluding carboxylic acids is 1. The first-order valence-electron chi connectivity index (χ1n) is 8.96. The van der Waals surface area contributed by atoms with Crippen LogP contribution >= 0.6 is 0 Å². The number of unbranched alkanes of at least 4 members (excludes halogenated alkanes) is 8. The first kappa shape index (κ1) is 21.1. The second kappa shape index (κ2) is 16.5. The highest BCUT2D eigenvalue weighted by atomic mass is 16.5. The predicted molar refractivity (Wildman–Crippen MR) is 90.8 cm³/mol. The van der Waals surface area contributed by atoms with Crippen LogP contribution in [0.15, 0.2) is 12.2 Å². The standard InChI is InChI=1S/C18H35NO3/c1-2-3-4-11-14-17(20)15-12-9-7-5-6-8-10-13-16-18(21)19-22/h9,12,17,20,22H,2-8,10-11,13-16H2,1H3,(H,19,21)/b12-9+/t17-/m0/s1. The Kier molecular flexibility index (Phi) is 15.8. The van der Waals surface area contributed by atoms with E-state index in [0.717, 1.165) is 51.4 Å². The van der Waals surface area contributed by atoms with E-state index in [-0.39, 0.29) is 12.0 Å². The van der Waals surface area contributed by atoms with Gasteiger partial charge in [-0.3, -0.25) is 10.0 Å². The second-order valence-corrected chi connectivity index (χ2v) is 6.05. The van der Waals surface area contributed by atoms with Crippen LogP contribution in [0.3, 0.4) is 0 Å². The number of aliphatic hydroxyl groups excluding tert-OH is 1. The summed E-state index contributed by atoms with van der Waals surface area (Å²) < 4.78 is 0. The van der Waals surface area contributed by atoms with Crippen molar-refractivity contribution < 1.29 is 15.1 Å². The molecule has 22 heavy (non-hydrogen) atoms. The minimum Gasteiger partial charge on any atom is -0.393 e. The molecule has 0 aliphatic rings. The Balaban J connectivity index is 3.28. The average Bonchev–Trinajstić information content (AvgIpc) is 2.53. The minimum atomic E-state index is -0.295. The quantitative estimate of drug-likeness (QED) is 0.180. The lowest BCUT2D eigenvalue weighted by Crippen LogP contribution is -2.17. The molecule has 4 nitrogen and oxygen atoms in total. The van der Waals surface area contributed by atoms with E-state index in [2.05, 4.69) is 19.1 Å². The van der Waals surface area contributed by atoms with Crippen molar-refractivity contribution >= 4 is 5.91 Å². The van der Waals surface area contributed by atoms with Crippen LogP contribution in [-0.2, 0) is 4.79 Å². The fourth-order valence-corrected chi connectivity index (χ4v) is 2.43. The average molecular weight is 313 g/mol. The van der Waals surface area contributed by atoms with E-state index in [1.165, 1.54) is 25.7 Å². The summed E-state index contributed by atoms with van der Waals surface area (Å²) in [6.07, 6.45) is 17.5. The van der Waals surface area contributed by atoms with Gasteiger partial charge < -0.3 is 5.11 Å². The maximum absolute atomic E-state index is 10.8. The Hall–Kier alpha value is -0.870. The third-order valence-corrected chi connectivity index (χ3v) is 3.87. The summed E-state index contributed by atoms with van der Waals surface area (Å²) in [5.41, 5.74) is 1.65. The zero-order valence-corrected chi connectivity index (χ0v) is 14.2. The van der Waals surface area contributed by atoms with Crippen molar-refractivity contribution in [3.05, 3.63) is 12.2 Å². The molecule has 1 amide bonds. The highest BCUT2D eigenvalue weighted by Gasteiger charge is 2.00. The minimum absolute atomic E-state index is 0.175. The first-order chi connectivity index (χ1) is 10.7. The van der Waals surface area contributed by atoms with Gasteiger partial charge in [0.25, 0.3) is 0 Å². The second-order valence-electron chi connectivity index (χ2n) is 6.05. The number of nitrogens with one attached hydrogen (secondary N) is 1. The van der Waals surface area contributed by atoms with Gasteiger partial charge in [-0.15, -0.1) is 0 Å². The van der Waals surface area contributed by atoms with Crippen LogP contribution in [0.4, 0.5) is 0 Å². The first-order valence-corrected chi connectivity index (χ1v) is 8.96. The van der Waals surface area contributed by atoms with Gasteiger partial charge in [0.2, 0.25) is 5.91 Å². The Morgan fingerprint density at radius 1 is 1.00 bits per heavy atom. The van der Waals surface area contributed by atoms with Crippen LogP contribution in [0.25, 0.3) is 0 Å². The molecule has 0 saturated heterocycles. The summed E-state index contributed by atoms with van der Waals surface area (Å²) in [6, 6.07) is 0. The molecule has 1 atom stereocenters. The van der Waals surface area contributed by atoms with Gasteiger partial charge >= 0.3 is 0 Å². The van der Waals surface area contributed by atoms with Gasteiger partial charge in [-0.05, 0) is 32.1 Å². The van der Waals surface area contributed by atoms with E-state index in [1.807, 2.05) is 0 Å². The molecule has 0 unspecified atom stereocenters. The number of hydrogen-bond acceptors (Lipinski definition) is 3. The number of carbonyl (C=O) groups is 1. The van der Waals surface area contributed by atoms with Crippen LogP contribution in [0.2, 0.25) is 0 Å². The molecule has 0 aliphatic carbocycles. The number of aliphatic hydroxyl groups is 1. The molecule has 0 aromatic rings. The molecule has 0 aromatic carbocycles. The van der Waals surface area contributed by atoms with Crippen LogP contribution in [0.1, 0.15) is 90.4 Å². The summed E-state index contributed by atoms with van der Waals surface area (Å²) in [6.45, 7) is 2.20. The Morgan fingerprint density at radius 2 is 1.68 bits per heavy atom. The van der Waals surface area contributed by atoms with Crippen molar-refractivity contribution in [3.8, 4) is 0 Å². The van der Waals surface area contributed by atoms with E-state index >= 15 is 0 Å². The molecule has 0 spiro atoms. The topological polar surface area (TPSA) is 69.6 Å². The number of amides is 1. The lowest BCUT2D eigenvalue weighted by Gasteiger charge is -2.07. The van der Waals surface area contributed by atoms with E-state index in [1.54, 1.807) is 5.48 Å².